The Morgan fingerprint density at radius 2 is 2.22 bits per heavy atom. The van der Waals surface area contributed by atoms with E-state index in [1.807, 2.05) is 18.2 Å². The van der Waals surface area contributed by atoms with Crippen molar-refractivity contribution in [2.75, 3.05) is 18.0 Å². The van der Waals surface area contributed by atoms with Gasteiger partial charge in [0, 0.05) is 38.1 Å². The Hall–Kier alpha value is -2.63. The fraction of sp³-hybridized carbons (Fsp3) is 0.353. The van der Waals surface area contributed by atoms with Gasteiger partial charge in [0.05, 0.1) is 5.92 Å². The summed E-state index contributed by atoms with van der Waals surface area (Å²) in [5.41, 5.74) is 0.737. The topological polar surface area (TPSA) is 78.1 Å². The number of anilines is 1. The first-order chi connectivity index (χ1) is 11.1. The third kappa shape index (κ3) is 3.59. The van der Waals surface area contributed by atoms with Crippen LogP contribution in [0.3, 0.4) is 0 Å². The summed E-state index contributed by atoms with van der Waals surface area (Å²) < 4.78 is 0. The fourth-order valence-electron chi connectivity index (χ4n) is 2.91. The molecule has 0 unspecified atom stereocenters. The molecule has 2 aromatic heterocycles. The first kappa shape index (κ1) is 15.3. The summed E-state index contributed by atoms with van der Waals surface area (Å²) in [6, 6.07) is 8.99. The van der Waals surface area contributed by atoms with Gasteiger partial charge in [-0.1, -0.05) is 19.1 Å². The second kappa shape index (κ2) is 6.64. The Balaban J connectivity index is 1.59. The molecule has 2 N–H and O–H groups in total. The molecule has 1 fully saturated rings. The van der Waals surface area contributed by atoms with Crippen molar-refractivity contribution in [3.05, 3.63) is 58.6 Å². The average Bonchev–Trinajstić information content (AvgIpc) is 2.97. The van der Waals surface area contributed by atoms with E-state index in [-0.39, 0.29) is 23.3 Å². The highest BCUT2D eigenvalue weighted by Gasteiger charge is 2.35. The number of pyridine rings is 2. The minimum atomic E-state index is -0.143. The van der Waals surface area contributed by atoms with Gasteiger partial charge in [-0.2, -0.15) is 0 Å². The summed E-state index contributed by atoms with van der Waals surface area (Å²) in [6.45, 7) is 4.01. The Morgan fingerprint density at radius 1 is 1.35 bits per heavy atom. The van der Waals surface area contributed by atoms with Crippen LogP contribution in [0.2, 0.25) is 0 Å². The smallest absolute Gasteiger partial charge is 0.247 e. The lowest BCUT2D eigenvalue weighted by molar-refractivity contribution is -0.125. The van der Waals surface area contributed by atoms with Crippen molar-refractivity contribution in [2.24, 2.45) is 11.8 Å². The molecule has 120 valence electrons. The van der Waals surface area contributed by atoms with Gasteiger partial charge in [-0.3, -0.25) is 9.59 Å². The molecule has 3 heterocycles. The van der Waals surface area contributed by atoms with Crippen LogP contribution in [0.25, 0.3) is 0 Å². The van der Waals surface area contributed by atoms with E-state index in [4.69, 9.17) is 0 Å². The van der Waals surface area contributed by atoms with Crippen LogP contribution in [0.5, 0.6) is 0 Å². The third-order valence-electron chi connectivity index (χ3n) is 4.24. The lowest BCUT2D eigenvalue weighted by Gasteiger charge is -2.17. The number of carbonyl (C=O) groups is 1. The lowest BCUT2D eigenvalue weighted by Crippen LogP contribution is -2.34. The van der Waals surface area contributed by atoms with E-state index < -0.39 is 0 Å². The number of carbonyl (C=O) groups excluding carboxylic acids is 1. The molecule has 3 rings (SSSR count). The molecule has 2 aromatic rings. The Bertz CT molecular complexity index is 708. The predicted molar refractivity (Wildman–Crippen MR) is 88.0 cm³/mol. The molecular weight excluding hydrogens is 292 g/mol. The molecule has 0 aromatic carbocycles. The number of nitrogens with zero attached hydrogens (tertiary/aromatic N) is 2. The maximum atomic E-state index is 12.4. The predicted octanol–water partition coefficient (Wildman–Crippen LogP) is 1.16. The molecule has 0 spiro atoms. The zero-order valence-corrected chi connectivity index (χ0v) is 13.0. The van der Waals surface area contributed by atoms with Crippen molar-refractivity contribution >= 4 is 11.7 Å². The van der Waals surface area contributed by atoms with Gasteiger partial charge < -0.3 is 15.2 Å². The van der Waals surface area contributed by atoms with Crippen LogP contribution in [0.15, 0.2) is 47.5 Å². The zero-order valence-electron chi connectivity index (χ0n) is 13.0. The monoisotopic (exact) mass is 312 g/mol. The van der Waals surface area contributed by atoms with Crippen molar-refractivity contribution in [1.29, 1.82) is 0 Å². The Labute approximate surface area is 134 Å². The number of aromatic nitrogens is 2. The van der Waals surface area contributed by atoms with E-state index in [1.165, 1.54) is 6.07 Å². The number of H-pyrrole nitrogens is 1. The zero-order chi connectivity index (χ0) is 16.2. The Morgan fingerprint density at radius 3 is 2.91 bits per heavy atom. The summed E-state index contributed by atoms with van der Waals surface area (Å²) in [6.07, 6.45) is 3.39. The lowest BCUT2D eigenvalue weighted by atomic mass is 9.97. The van der Waals surface area contributed by atoms with E-state index in [9.17, 15) is 9.59 Å². The number of aromatic amines is 1. The molecule has 0 radical (unpaired) electrons. The summed E-state index contributed by atoms with van der Waals surface area (Å²) >= 11 is 0. The van der Waals surface area contributed by atoms with Crippen LogP contribution in [-0.4, -0.2) is 29.0 Å². The molecular formula is C17H20N4O2. The number of rotatable bonds is 4. The summed E-state index contributed by atoms with van der Waals surface area (Å²) in [4.78, 5) is 32.6. The van der Waals surface area contributed by atoms with Gasteiger partial charge in [0.25, 0.3) is 0 Å². The molecule has 1 aliphatic rings. The van der Waals surface area contributed by atoms with E-state index in [0.29, 0.717) is 13.1 Å². The highest BCUT2D eigenvalue weighted by Crippen LogP contribution is 2.26. The molecule has 6 nitrogen and oxygen atoms in total. The van der Waals surface area contributed by atoms with Crippen molar-refractivity contribution < 1.29 is 4.79 Å². The molecule has 23 heavy (non-hydrogen) atoms. The number of hydrogen-bond acceptors (Lipinski definition) is 4. The minimum absolute atomic E-state index is 0.0436. The maximum absolute atomic E-state index is 12.4. The molecule has 2 atom stereocenters. The minimum Gasteiger partial charge on any atom is -0.356 e. The summed E-state index contributed by atoms with van der Waals surface area (Å²) in [5.74, 6) is 1.17. The molecule has 6 heteroatoms. The largest absolute Gasteiger partial charge is 0.356 e. The number of amides is 1. The molecule has 1 saturated heterocycles. The molecule has 0 bridgehead atoms. The first-order valence-corrected chi connectivity index (χ1v) is 7.75. The molecule has 1 aliphatic heterocycles. The van der Waals surface area contributed by atoms with Gasteiger partial charge in [0.15, 0.2) is 0 Å². The highest BCUT2D eigenvalue weighted by molar-refractivity contribution is 5.80. The van der Waals surface area contributed by atoms with Crippen molar-refractivity contribution in [2.45, 2.75) is 13.5 Å². The van der Waals surface area contributed by atoms with Crippen LogP contribution in [0.4, 0.5) is 5.82 Å². The first-order valence-electron chi connectivity index (χ1n) is 7.75. The van der Waals surface area contributed by atoms with E-state index in [1.54, 1.807) is 18.5 Å². The van der Waals surface area contributed by atoms with Crippen molar-refractivity contribution in [1.82, 2.24) is 15.3 Å². The summed E-state index contributed by atoms with van der Waals surface area (Å²) in [5, 5.41) is 2.95. The van der Waals surface area contributed by atoms with Gasteiger partial charge in [0.1, 0.15) is 5.82 Å². The summed E-state index contributed by atoms with van der Waals surface area (Å²) in [7, 11) is 0. The normalized spacial score (nSPS) is 20.5. The van der Waals surface area contributed by atoms with Gasteiger partial charge in [-0.25, -0.2) is 4.98 Å². The molecule has 1 amide bonds. The van der Waals surface area contributed by atoms with Crippen molar-refractivity contribution in [3.63, 3.8) is 0 Å². The SMILES string of the molecule is C[C@@H]1CN(c2ccccn2)C[C@H]1C(=O)NCc1ccc(=O)[nH]c1. The third-order valence-corrected chi connectivity index (χ3v) is 4.24. The quantitative estimate of drug-likeness (QED) is 0.888. The second-order valence-corrected chi connectivity index (χ2v) is 5.96. The van der Waals surface area contributed by atoms with E-state index >= 15 is 0 Å². The maximum Gasteiger partial charge on any atom is 0.247 e. The van der Waals surface area contributed by atoms with Gasteiger partial charge >= 0.3 is 0 Å². The Kier molecular flexibility index (Phi) is 4.41. The van der Waals surface area contributed by atoms with Crippen LogP contribution in [0, 0.1) is 11.8 Å². The number of nitrogens with one attached hydrogen (secondary N) is 2. The average molecular weight is 312 g/mol. The fourth-order valence-corrected chi connectivity index (χ4v) is 2.91. The van der Waals surface area contributed by atoms with Gasteiger partial charge in [-0.15, -0.1) is 0 Å². The second-order valence-electron chi connectivity index (χ2n) is 5.96. The molecule has 0 aliphatic carbocycles. The van der Waals surface area contributed by atoms with Crippen LogP contribution >= 0.6 is 0 Å². The van der Waals surface area contributed by atoms with Gasteiger partial charge in [0.2, 0.25) is 11.5 Å². The van der Waals surface area contributed by atoms with Crippen LogP contribution in [0.1, 0.15) is 12.5 Å². The standard InChI is InChI=1S/C17H20N4O2/c1-12-10-21(15-4-2-3-7-18-15)11-14(12)17(23)20-9-13-5-6-16(22)19-8-13/h2-8,12,14H,9-11H2,1H3,(H,19,22)(H,20,23)/t12-,14-/m1/s1. The van der Waals surface area contributed by atoms with Crippen LogP contribution in [-0.2, 0) is 11.3 Å². The van der Waals surface area contributed by atoms with E-state index in [0.717, 1.165) is 17.9 Å². The number of hydrogen-bond donors (Lipinski definition) is 2. The van der Waals surface area contributed by atoms with Crippen molar-refractivity contribution in [3.8, 4) is 0 Å². The van der Waals surface area contributed by atoms with E-state index in [2.05, 4.69) is 27.1 Å². The molecule has 0 saturated carbocycles. The highest BCUT2D eigenvalue weighted by atomic mass is 16.2. The van der Waals surface area contributed by atoms with Crippen LogP contribution < -0.4 is 15.8 Å². The van der Waals surface area contributed by atoms with Gasteiger partial charge in [-0.05, 0) is 23.6 Å².